The zero-order valence-corrected chi connectivity index (χ0v) is 8.25. The summed E-state index contributed by atoms with van der Waals surface area (Å²) >= 11 is 0. The van der Waals surface area contributed by atoms with Crippen LogP contribution in [-0.2, 0) is 9.73 Å². The summed E-state index contributed by atoms with van der Waals surface area (Å²) in [4.78, 5) is 0.482. The van der Waals surface area contributed by atoms with Crippen LogP contribution in [0.5, 0.6) is 0 Å². The first kappa shape index (κ1) is 10.2. The molecule has 0 amide bonds. The zero-order valence-electron chi connectivity index (χ0n) is 7.43. The number of hydrogen-bond acceptors (Lipinski definition) is 3. The first-order chi connectivity index (χ1) is 6.02. The van der Waals surface area contributed by atoms with Crippen molar-refractivity contribution in [3.8, 4) is 0 Å². The lowest BCUT2D eigenvalue weighted by Gasteiger charge is -2.08. The van der Waals surface area contributed by atoms with Gasteiger partial charge < -0.3 is 5.11 Å². The highest BCUT2D eigenvalue weighted by atomic mass is 32.2. The molecule has 2 unspecified atom stereocenters. The average Bonchev–Trinajstić information content (AvgIpc) is 2.04. The summed E-state index contributed by atoms with van der Waals surface area (Å²) in [6.45, 7) is 1.54. The largest absolute Gasteiger partial charge is 0.392 e. The van der Waals surface area contributed by atoms with E-state index in [0.717, 1.165) is 0 Å². The zero-order chi connectivity index (χ0) is 9.90. The lowest BCUT2D eigenvalue weighted by atomic mass is 10.4. The molecule has 0 saturated heterocycles. The fourth-order valence-electron chi connectivity index (χ4n) is 1.08. The van der Waals surface area contributed by atoms with E-state index >= 15 is 0 Å². The molecular weight excluding hydrogens is 186 g/mol. The smallest absolute Gasteiger partial charge is 0.0751 e. The van der Waals surface area contributed by atoms with Crippen LogP contribution in [0.15, 0.2) is 35.2 Å². The lowest BCUT2D eigenvalue weighted by molar-refractivity contribution is 0.219. The summed E-state index contributed by atoms with van der Waals surface area (Å²) in [5.41, 5.74) is 0. The second kappa shape index (κ2) is 3.89. The Morgan fingerprint density at radius 3 is 2.46 bits per heavy atom. The van der Waals surface area contributed by atoms with Crippen LogP contribution in [0.1, 0.15) is 6.92 Å². The minimum Gasteiger partial charge on any atom is -0.392 e. The van der Waals surface area contributed by atoms with Gasteiger partial charge in [0.2, 0.25) is 0 Å². The molecule has 4 heteroatoms. The molecule has 0 saturated carbocycles. The SMILES string of the molecule is CC(O)CS(=N)(=O)c1ccccc1. The highest BCUT2D eigenvalue weighted by Crippen LogP contribution is 2.11. The van der Waals surface area contributed by atoms with Crippen molar-refractivity contribution in [3.63, 3.8) is 0 Å². The fraction of sp³-hybridized carbons (Fsp3) is 0.333. The van der Waals surface area contributed by atoms with E-state index in [0.29, 0.717) is 4.90 Å². The molecule has 0 aliphatic heterocycles. The molecule has 2 N–H and O–H groups in total. The van der Waals surface area contributed by atoms with Crippen molar-refractivity contribution >= 4 is 9.73 Å². The van der Waals surface area contributed by atoms with Gasteiger partial charge in [0, 0.05) is 4.90 Å². The highest BCUT2D eigenvalue weighted by molar-refractivity contribution is 7.92. The maximum Gasteiger partial charge on any atom is 0.0751 e. The molecule has 0 heterocycles. The van der Waals surface area contributed by atoms with E-state index in [1.807, 2.05) is 0 Å². The van der Waals surface area contributed by atoms with Crippen LogP contribution in [0.4, 0.5) is 0 Å². The normalized spacial score (nSPS) is 17.7. The van der Waals surface area contributed by atoms with Gasteiger partial charge in [0.05, 0.1) is 21.6 Å². The summed E-state index contributed by atoms with van der Waals surface area (Å²) in [5, 5.41) is 9.05. The van der Waals surface area contributed by atoms with E-state index in [1.165, 1.54) is 6.92 Å². The highest BCUT2D eigenvalue weighted by Gasteiger charge is 2.12. The minimum atomic E-state index is -2.81. The number of benzene rings is 1. The summed E-state index contributed by atoms with van der Waals surface area (Å²) in [6.07, 6.45) is -0.704. The molecule has 2 atom stereocenters. The Morgan fingerprint density at radius 2 is 2.00 bits per heavy atom. The van der Waals surface area contributed by atoms with Crippen molar-refractivity contribution in [1.82, 2.24) is 0 Å². The van der Waals surface area contributed by atoms with Gasteiger partial charge in [-0.15, -0.1) is 0 Å². The quantitative estimate of drug-likeness (QED) is 0.774. The van der Waals surface area contributed by atoms with Crippen LogP contribution >= 0.6 is 0 Å². The summed E-state index contributed by atoms with van der Waals surface area (Å²) in [6, 6.07) is 8.59. The van der Waals surface area contributed by atoms with E-state index < -0.39 is 15.8 Å². The second-order valence-corrected chi connectivity index (χ2v) is 5.16. The Morgan fingerprint density at radius 1 is 1.46 bits per heavy atom. The third kappa shape index (κ3) is 2.82. The summed E-state index contributed by atoms with van der Waals surface area (Å²) in [5.74, 6) is -0.00296. The van der Waals surface area contributed by atoms with Crippen molar-refractivity contribution in [2.24, 2.45) is 0 Å². The maximum atomic E-state index is 11.7. The van der Waals surface area contributed by atoms with Crippen LogP contribution in [-0.4, -0.2) is 21.2 Å². The first-order valence-electron chi connectivity index (χ1n) is 4.02. The number of rotatable bonds is 3. The average molecular weight is 199 g/mol. The molecule has 3 nitrogen and oxygen atoms in total. The van der Waals surface area contributed by atoms with E-state index in [4.69, 9.17) is 9.89 Å². The third-order valence-corrected chi connectivity index (χ3v) is 3.59. The monoisotopic (exact) mass is 199 g/mol. The van der Waals surface area contributed by atoms with Crippen molar-refractivity contribution in [1.29, 1.82) is 4.78 Å². The molecule has 0 aliphatic rings. The molecule has 0 bridgehead atoms. The molecule has 13 heavy (non-hydrogen) atoms. The van der Waals surface area contributed by atoms with Crippen LogP contribution in [0.2, 0.25) is 0 Å². The van der Waals surface area contributed by atoms with Crippen LogP contribution in [0, 0.1) is 4.78 Å². The Labute approximate surface area is 78.4 Å². The Hall–Kier alpha value is -0.870. The molecular formula is C9H13NO2S. The molecule has 1 aromatic carbocycles. The van der Waals surface area contributed by atoms with Crippen LogP contribution in [0.25, 0.3) is 0 Å². The standard InChI is InChI=1S/C9H13NO2S/c1-8(11)7-13(10,12)9-5-3-2-4-6-9/h2-6,8,10-11H,7H2,1H3. The van der Waals surface area contributed by atoms with Gasteiger partial charge >= 0.3 is 0 Å². The molecule has 0 radical (unpaired) electrons. The molecule has 0 aromatic heterocycles. The van der Waals surface area contributed by atoms with Crippen LogP contribution in [0.3, 0.4) is 0 Å². The van der Waals surface area contributed by atoms with Gasteiger partial charge in [-0.3, -0.25) is 0 Å². The van der Waals surface area contributed by atoms with Crippen molar-refractivity contribution in [2.45, 2.75) is 17.9 Å². The summed E-state index contributed by atoms with van der Waals surface area (Å²) < 4.78 is 19.3. The third-order valence-electron chi connectivity index (χ3n) is 1.60. The number of nitrogens with one attached hydrogen (secondary N) is 1. The fourth-order valence-corrected chi connectivity index (χ4v) is 2.54. The first-order valence-corrected chi connectivity index (χ1v) is 5.75. The molecule has 0 aliphatic carbocycles. The molecule has 1 rings (SSSR count). The molecule has 0 fully saturated rings. The molecule has 72 valence electrons. The molecule has 1 aromatic rings. The van der Waals surface area contributed by atoms with Gasteiger partial charge in [-0.05, 0) is 19.1 Å². The number of aliphatic hydroxyl groups excluding tert-OH is 1. The van der Waals surface area contributed by atoms with E-state index in [9.17, 15) is 4.21 Å². The van der Waals surface area contributed by atoms with Gasteiger partial charge in [0.25, 0.3) is 0 Å². The summed E-state index contributed by atoms with van der Waals surface area (Å²) in [7, 11) is -2.81. The Bertz CT molecular complexity index is 356. The van der Waals surface area contributed by atoms with Gasteiger partial charge in [-0.2, -0.15) is 0 Å². The minimum absolute atomic E-state index is 0.00296. The number of hydrogen-bond donors (Lipinski definition) is 2. The van der Waals surface area contributed by atoms with Gasteiger partial charge in [0.15, 0.2) is 0 Å². The van der Waals surface area contributed by atoms with Gasteiger partial charge in [-0.1, -0.05) is 18.2 Å². The van der Waals surface area contributed by atoms with Crippen molar-refractivity contribution in [2.75, 3.05) is 5.75 Å². The van der Waals surface area contributed by atoms with Crippen LogP contribution < -0.4 is 0 Å². The van der Waals surface area contributed by atoms with E-state index in [1.54, 1.807) is 30.3 Å². The Kier molecular flexibility index (Phi) is 3.06. The predicted molar refractivity (Wildman–Crippen MR) is 52.1 cm³/mol. The van der Waals surface area contributed by atoms with Crippen molar-refractivity contribution in [3.05, 3.63) is 30.3 Å². The lowest BCUT2D eigenvalue weighted by Crippen LogP contribution is -2.16. The van der Waals surface area contributed by atoms with Gasteiger partial charge in [0.1, 0.15) is 0 Å². The van der Waals surface area contributed by atoms with Crippen molar-refractivity contribution < 1.29 is 9.32 Å². The van der Waals surface area contributed by atoms with Gasteiger partial charge in [-0.25, -0.2) is 8.99 Å². The topological polar surface area (TPSA) is 61.1 Å². The second-order valence-electron chi connectivity index (χ2n) is 3.00. The maximum absolute atomic E-state index is 11.7. The van der Waals surface area contributed by atoms with E-state index in [-0.39, 0.29) is 5.75 Å². The molecule has 0 spiro atoms. The predicted octanol–water partition coefficient (Wildman–Crippen LogP) is 1.47. The van der Waals surface area contributed by atoms with E-state index in [2.05, 4.69) is 0 Å². The number of aliphatic hydroxyl groups is 1. The Balaban J connectivity index is 2.96.